The highest BCUT2D eigenvalue weighted by atomic mass is 35.5. The van der Waals surface area contributed by atoms with Crippen LogP contribution in [-0.2, 0) is 15.1 Å². The first-order valence-corrected chi connectivity index (χ1v) is 8.96. The Labute approximate surface area is 165 Å². The minimum absolute atomic E-state index is 0.0145. The molecule has 2 aromatic carbocycles. The van der Waals surface area contributed by atoms with Crippen molar-refractivity contribution in [3.8, 4) is 0 Å². The van der Waals surface area contributed by atoms with E-state index in [9.17, 15) is 9.59 Å². The van der Waals surface area contributed by atoms with Crippen molar-refractivity contribution in [2.45, 2.75) is 12.0 Å². The first-order chi connectivity index (χ1) is 13.0. The summed E-state index contributed by atoms with van der Waals surface area (Å²) in [6.45, 7) is 0. The van der Waals surface area contributed by atoms with Crippen molar-refractivity contribution in [2.24, 2.45) is 0 Å². The van der Waals surface area contributed by atoms with Crippen LogP contribution in [0.3, 0.4) is 0 Å². The summed E-state index contributed by atoms with van der Waals surface area (Å²) in [7, 11) is 0. The summed E-state index contributed by atoms with van der Waals surface area (Å²) in [5.74, 6) is -0.212. The van der Waals surface area contributed by atoms with E-state index in [4.69, 9.17) is 27.6 Å². The molecule has 1 aliphatic heterocycles. The second-order valence-electron chi connectivity index (χ2n) is 6.19. The normalized spacial score (nSPS) is 18.9. The van der Waals surface area contributed by atoms with E-state index in [0.717, 1.165) is 0 Å². The third-order valence-electron chi connectivity index (χ3n) is 4.49. The zero-order chi connectivity index (χ0) is 19.0. The molecule has 1 unspecified atom stereocenters. The number of carbonyl (C=O) groups is 2. The van der Waals surface area contributed by atoms with Crippen molar-refractivity contribution >= 4 is 46.4 Å². The zero-order valence-corrected chi connectivity index (χ0v) is 15.5. The Morgan fingerprint density at radius 1 is 1.04 bits per heavy atom. The minimum Gasteiger partial charge on any atom is -0.466 e. The number of nitrogens with zero attached hydrogens (tertiary/aromatic N) is 1. The topological polar surface area (TPSA) is 62.6 Å². The SMILES string of the molecule is O=C1CC(C(=O)Nc2cccc(Cl)c2)(c2ccco2)N1c1cccc(Cl)c1. The van der Waals surface area contributed by atoms with E-state index in [0.29, 0.717) is 27.2 Å². The van der Waals surface area contributed by atoms with Gasteiger partial charge in [-0.2, -0.15) is 0 Å². The summed E-state index contributed by atoms with van der Waals surface area (Å²) in [5, 5.41) is 3.80. The number of hydrogen-bond acceptors (Lipinski definition) is 3. The van der Waals surface area contributed by atoms with Gasteiger partial charge in [0.05, 0.1) is 12.7 Å². The lowest BCUT2D eigenvalue weighted by molar-refractivity contribution is -0.138. The van der Waals surface area contributed by atoms with Crippen molar-refractivity contribution < 1.29 is 14.0 Å². The van der Waals surface area contributed by atoms with Crippen LogP contribution in [0, 0.1) is 0 Å². The number of nitrogens with one attached hydrogen (secondary N) is 1. The molecule has 0 saturated carbocycles. The molecule has 136 valence electrons. The van der Waals surface area contributed by atoms with E-state index < -0.39 is 5.54 Å². The molecule has 1 atom stereocenters. The summed E-state index contributed by atoms with van der Waals surface area (Å²) >= 11 is 12.1. The molecule has 1 saturated heterocycles. The standard InChI is InChI=1S/C20H14Cl2N2O3/c21-13-4-1-6-15(10-13)23-19(26)20(17-8-3-9-27-17)12-18(25)24(20)16-7-2-5-14(22)11-16/h1-11H,12H2,(H,23,26). The fraction of sp³-hybridized carbons (Fsp3) is 0.100. The molecule has 0 aliphatic carbocycles. The Kier molecular flexibility index (Phi) is 4.42. The summed E-state index contributed by atoms with van der Waals surface area (Å²) in [5.41, 5.74) is -0.242. The van der Waals surface area contributed by atoms with Gasteiger partial charge in [-0.05, 0) is 48.5 Å². The molecule has 2 heterocycles. The fourth-order valence-electron chi connectivity index (χ4n) is 3.28. The quantitative estimate of drug-likeness (QED) is 0.636. The highest BCUT2D eigenvalue weighted by molar-refractivity contribution is 6.31. The predicted octanol–water partition coefficient (Wildman–Crippen LogP) is 4.86. The van der Waals surface area contributed by atoms with Crippen molar-refractivity contribution in [3.05, 3.63) is 82.7 Å². The first kappa shape index (κ1) is 17.6. The van der Waals surface area contributed by atoms with Crippen LogP contribution < -0.4 is 10.2 Å². The van der Waals surface area contributed by atoms with Crippen molar-refractivity contribution in [1.29, 1.82) is 0 Å². The fourth-order valence-corrected chi connectivity index (χ4v) is 3.66. The molecule has 1 aliphatic rings. The number of carbonyl (C=O) groups excluding carboxylic acids is 2. The van der Waals surface area contributed by atoms with E-state index in [1.807, 2.05) is 0 Å². The van der Waals surface area contributed by atoms with Crippen LogP contribution in [0.15, 0.2) is 71.3 Å². The van der Waals surface area contributed by atoms with E-state index in [2.05, 4.69) is 5.32 Å². The summed E-state index contributed by atoms with van der Waals surface area (Å²) < 4.78 is 5.54. The minimum atomic E-state index is -1.30. The van der Waals surface area contributed by atoms with Crippen molar-refractivity contribution in [2.75, 3.05) is 10.2 Å². The highest BCUT2D eigenvalue weighted by Gasteiger charge is 2.60. The number of benzene rings is 2. The third-order valence-corrected chi connectivity index (χ3v) is 4.96. The van der Waals surface area contributed by atoms with E-state index in [1.54, 1.807) is 60.7 Å². The summed E-state index contributed by atoms with van der Waals surface area (Å²) in [4.78, 5) is 27.2. The van der Waals surface area contributed by atoms with E-state index in [-0.39, 0.29) is 18.2 Å². The van der Waals surface area contributed by atoms with Gasteiger partial charge in [0, 0.05) is 21.4 Å². The van der Waals surface area contributed by atoms with Crippen LogP contribution in [-0.4, -0.2) is 11.8 Å². The van der Waals surface area contributed by atoms with Crippen LogP contribution >= 0.6 is 23.2 Å². The maximum absolute atomic E-state index is 13.3. The maximum atomic E-state index is 13.3. The largest absolute Gasteiger partial charge is 0.466 e. The Morgan fingerprint density at radius 2 is 1.78 bits per heavy atom. The molecule has 5 nitrogen and oxygen atoms in total. The third kappa shape index (κ3) is 2.99. The lowest BCUT2D eigenvalue weighted by Gasteiger charge is -2.48. The molecule has 1 fully saturated rings. The molecule has 0 radical (unpaired) electrons. The van der Waals surface area contributed by atoms with Gasteiger partial charge in [0.1, 0.15) is 5.76 Å². The number of rotatable bonds is 4. The van der Waals surface area contributed by atoms with Gasteiger partial charge in [-0.3, -0.25) is 14.5 Å². The van der Waals surface area contributed by atoms with Gasteiger partial charge in [0.2, 0.25) is 5.91 Å². The smallest absolute Gasteiger partial charge is 0.259 e. The lowest BCUT2D eigenvalue weighted by Crippen LogP contribution is -2.67. The van der Waals surface area contributed by atoms with Gasteiger partial charge < -0.3 is 9.73 Å². The Bertz CT molecular complexity index is 1020. The van der Waals surface area contributed by atoms with E-state index >= 15 is 0 Å². The van der Waals surface area contributed by atoms with Crippen LogP contribution in [0.5, 0.6) is 0 Å². The monoisotopic (exact) mass is 400 g/mol. The Balaban J connectivity index is 1.77. The number of hydrogen-bond donors (Lipinski definition) is 1. The summed E-state index contributed by atoms with van der Waals surface area (Å²) in [6, 6.07) is 17.0. The second-order valence-corrected chi connectivity index (χ2v) is 7.06. The van der Waals surface area contributed by atoms with Crippen molar-refractivity contribution in [1.82, 2.24) is 0 Å². The van der Waals surface area contributed by atoms with Crippen LogP contribution in [0.25, 0.3) is 0 Å². The molecule has 3 aromatic rings. The second kappa shape index (κ2) is 6.76. The molecule has 0 bridgehead atoms. The molecule has 27 heavy (non-hydrogen) atoms. The van der Waals surface area contributed by atoms with Crippen LogP contribution in [0.4, 0.5) is 11.4 Å². The maximum Gasteiger partial charge on any atom is 0.259 e. The van der Waals surface area contributed by atoms with Crippen LogP contribution in [0.1, 0.15) is 12.2 Å². The van der Waals surface area contributed by atoms with Gasteiger partial charge in [0.25, 0.3) is 5.91 Å². The molecular weight excluding hydrogens is 387 g/mol. The number of amides is 2. The average molecular weight is 401 g/mol. The zero-order valence-electron chi connectivity index (χ0n) is 14.0. The Morgan fingerprint density at radius 3 is 2.41 bits per heavy atom. The number of halogens is 2. The van der Waals surface area contributed by atoms with Gasteiger partial charge in [-0.25, -0.2) is 0 Å². The number of furan rings is 1. The lowest BCUT2D eigenvalue weighted by atomic mass is 9.79. The highest BCUT2D eigenvalue weighted by Crippen LogP contribution is 2.46. The molecule has 2 amide bonds. The van der Waals surface area contributed by atoms with Crippen molar-refractivity contribution in [3.63, 3.8) is 0 Å². The molecule has 7 heteroatoms. The number of anilines is 2. The molecule has 1 aromatic heterocycles. The van der Waals surface area contributed by atoms with Gasteiger partial charge in [0.15, 0.2) is 5.54 Å². The number of β-lactam (4-membered cyclic amide) rings is 1. The first-order valence-electron chi connectivity index (χ1n) is 8.20. The van der Waals surface area contributed by atoms with Gasteiger partial charge in [-0.15, -0.1) is 0 Å². The molecule has 1 N–H and O–H groups in total. The predicted molar refractivity (Wildman–Crippen MR) is 104 cm³/mol. The van der Waals surface area contributed by atoms with Gasteiger partial charge in [-0.1, -0.05) is 35.3 Å². The molecular formula is C20H14Cl2N2O3. The van der Waals surface area contributed by atoms with E-state index in [1.165, 1.54) is 11.2 Å². The molecule has 4 rings (SSSR count). The van der Waals surface area contributed by atoms with Crippen LogP contribution in [0.2, 0.25) is 10.0 Å². The molecule has 0 spiro atoms. The van der Waals surface area contributed by atoms with Gasteiger partial charge >= 0.3 is 0 Å². The average Bonchev–Trinajstić information content (AvgIpc) is 3.14. The summed E-state index contributed by atoms with van der Waals surface area (Å²) in [6.07, 6.45) is 1.46. The Hall–Kier alpha value is -2.76.